The van der Waals surface area contributed by atoms with Crippen LogP contribution < -0.4 is 5.32 Å². The number of rotatable bonds is 12. The van der Waals surface area contributed by atoms with Gasteiger partial charge in [0.15, 0.2) is 5.78 Å². The second-order valence-electron chi connectivity index (χ2n) is 14.3. The summed E-state index contributed by atoms with van der Waals surface area (Å²) in [5.74, 6) is -0.403. The van der Waals surface area contributed by atoms with Crippen LogP contribution in [0.25, 0.3) is 10.9 Å². The molecule has 0 spiro atoms. The zero-order valence-electron chi connectivity index (χ0n) is 29.6. The summed E-state index contributed by atoms with van der Waals surface area (Å²) in [6, 6.07) is 23.2. The third-order valence-corrected chi connectivity index (χ3v) is 10.2. The maximum absolute atomic E-state index is 15.1. The Morgan fingerprint density at radius 2 is 1.54 bits per heavy atom. The van der Waals surface area contributed by atoms with Crippen LogP contribution >= 0.6 is 0 Å². The number of carbonyl (C=O) groups is 4. The monoisotopic (exact) mass is 675 g/mol. The molecule has 2 fully saturated rings. The van der Waals surface area contributed by atoms with Gasteiger partial charge in [0.25, 0.3) is 0 Å². The first-order valence-corrected chi connectivity index (χ1v) is 17.9. The zero-order chi connectivity index (χ0) is 35.4. The number of amides is 3. The Hall–Kier alpha value is -4.76. The molecule has 6 rings (SSSR count). The van der Waals surface area contributed by atoms with Gasteiger partial charge in [0.2, 0.25) is 17.7 Å². The van der Waals surface area contributed by atoms with E-state index in [1.54, 1.807) is 21.6 Å². The first-order valence-electron chi connectivity index (χ1n) is 17.9. The molecular weight excluding hydrogens is 626 g/mol. The van der Waals surface area contributed by atoms with Gasteiger partial charge in [-0.25, -0.2) is 0 Å². The van der Waals surface area contributed by atoms with Gasteiger partial charge in [0.1, 0.15) is 12.1 Å². The topological polar surface area (TPSA) is 106 Å². The molecule has 3 amide bonds. The fourth-order valence-corrected chi connectivity index (χ4v) is 7.71. The highest BCUT2D eigenvalue weighted by molar-refractivity contribution is 5.96. The Morgan fingerprint density at radius 3 is 2.28 bits per heavy atom. The van der Waals surface area contributed by atoms with Crippen LogP contribution in [-0.4, -0.2) is 93.5 Å². The lowest BCUT2D eigenvalue weighted by Gasteiger charge is -2.46. The normalized spacial score (nSPS) is 19.7. The zero-order valence-corrected chi connectivity index (χ0v) is 29.6. The second kappa shape index (κ2) is 15.4. The Bertz CT molecular complexity index is 1830. The quantitative estimate of drug-likeness (QED) is 0.226. The predicted molar refractivity (Wildman–Crippen MR) is 195 cm³/mol. The molecule has 50 heavy (non-hydrogen) atoms. The standard InChI is InChI=1S/C41H49N5O4/c1-27(2)21-36(29(4)47)45-19-20-46(37(40(45)49)24-30-12-6-5-7-13-30)41(50)38(25-32-26-43-34-16-9-8-15-33(32)34)44-18-17-42-35(39(44)48)23-31-14-10-11-28(3)22-31/h5-16,22,26-27,35-38,42-43H,17-21,23-25H2,1-4H3/t35-,36-,37-,38-/m0/s1. The number of para-hydroxylation sites is 1. The van der Waals surface area contributed by atoms with Gasteiger partial charge >= 0.3 is 0 Å². The van der Waals surface area contributed by atoms with Crippen LogP contribution in [0, 0.1) is 12.8 Å². The Balaban J connectivity index is 1.36. The van der Waals surface area contributed by atoms with Crippen molar-refractivity contribution in [3.63, 3.8) is 0 Å². The van der Waals surface area contributed by atoms with E-state index >= 15 is 4.79 Å². The average molecular weight is 676 g/mol. The van der Waals surface area contributed by atoms with Gasteiger partial charge < -0.3 is 25.0 Å². The van der Waals surface area contributed by atoms with Crippen LogP contribution in [0.5, 0.6) is 0 Å². The molecule has 0 saturated carbocycles. The van der Waals surface area contributed by atoms with Crippen molar-refractivity contribution < 1.29 is 19.2 Å². The van der Waals surface area contributed by atoms with Crippen LogP contribution in [0.15, 0.2) is 85.1 Å². The molecule has 0 radical (unpaired) electrons. The molecule has 0 bridgehead atoms. The smallest absolute Gasteiger partial charge is 0.246 e. The van der Waals surface area contributed by atoms with Gasteiger partial charge in [0.05, 0.1) is 12.1 Å². The number of hydrogen-bond acceptors (Lipinski definition) is 5. The second-order valence-corrected chi connectivity index (χ2v) is 14.3. The summed E-state index contributed by atoms with van der Waals surface area (Å²) >= 11 is 0. The third-order valence-electron chi connectivity index (χ3n) is 10.2. The number of H-pyrrole nitrogens is 1. The lowest BCUT2D eigenvalue weighted by atomic mass is 9.93. The molecular formula is C41H49N5O4. The molecule has 3 aromatic carbocycles. The van der Waals surface area contributed by atoms with Gasteiger partial charge in [-0.2, -0.15) is 0 Å². The number of nitrogens with one attached hydrogen (secondary N) is 2. The van der Waals surface area contributed by atoms with E-state index in [0.717, 1.165) is 33.2 Å². The number of Topliss-reactive ketones (excluding diaryl/α,β-unsaturated/α-hetero) is 1. The van der Waals surface area contributed by atoms with E-state index in [-0.39, 0.29) is 42.5 Å². The molecule has 4 atom stereocenters. The van der Waals surface area contributed by atoms with E-state index in [9.17, 15) is 14.4 Å². The van der Waals surface area contributed by atoms with E-state index in [1.807, 2.05) is 99.8 Å². The molecule has 4 aromatic rings. The fourth-order valence-electron chi connectivity index (χ4n) is 7.71. The summed E-state index contributed by atoms with van der Waals surface area (Å²) in [4.78, 5) is 65.3. The van der Waals surface area contributed by atoms with E-state index in [4.69, 9.17) is 0 Å². The first-order chi connectivity index (χ1) is 24.1. The molecule has 2 saturated heterocycles. The highest BCUT2D eigenvalue weighted by Gasteiger charge is 2.45. The van der Waals surface area contributed by atoms with E-state index in [0.29, 0.717) is 38.8 Å². The maximum Gasteiger partial charge on any atom is 0.246 e. The van der Waals surface area contributed by atoms with Crippen molar-refractivity contribution in [3.05, 3.63) is 107 Å². The molecule has 2 N–H and O–H groups in total. The average Bonchev–Trinajstić information content (AvgIpc) is 3.51. The maximum atomic E-state index is 15.1. The summed E-state index contributed by atoms with van der Waals surface area (Å²) in [5.41, 5.74) is 5.02. The highest BCUT2D eigenvalue weighted by Crippen LogP contribution is 2.27. The molecule has 0 aliphatic carbocycles. The Kier molecular flexibility index (Phi) is 10.8. The number of aromatic nitrogens is 1. The van der Waals surface area contributed by atoms with Gasteiger partial charge in [-0.1, -0.05) is 92.2 Å². The molecule has 3 heterocycles. The van der Waals surface area contributed by atoms with Crippen LogP contribution in [0.1, 0.15) is 49.4 Å². The molecule has 2 aliphatic rings. The van der Waals surface area contributed by atoms with Crippen LogP contribution in [0.2, 0.25) is 0 Å². The van der Waals surface area contributed by atoms with Gasteiger partial charge in [0, 0.05) is 56.1 Å². The Labute approximate surface area is 295 Å². The summed E-state index contributed by atoms with van der Waals surface area (Å²) in [7, 11) is 0. The van der Waals surface area contributed by atoms with E-state index in [2.05, 4.69) is 16.4 Å². The van der Waals surface area contributed by atoms with Crippen molar-refractivity contribution in [2.45, 2.75) is 77.5 Å². The summed E-state index contributed by atoms with van der Waals surface area (Å²) in [5, 5.41) is 4.41. The number of ketones is 1. The molecule has 2 aliphatic heterocycles. The SMILES string of the molecule is CC(=O)[C@H](CC(C)C)N1CCN(C(=O)[C@H](Cc2c[nH]c3ccccc23)N2CCN[C@@H](Cc3cccc(C)c3)C2=O)[C@@H](Cc2ccccc2)C1=O. The fraction of sp³-hybridized carbons (Fsp3) is 0.415. The number of hydrogen-bond donors (Lipinski definition) is 2. The van der Waals surface area contributed by atoms with Gasteiger partial charge in [-0.15, -0.1) is 0 Å². The minimum Gasteiger partial charge on any atom is -0.361 e. The predicted octanol–water partition coefficient (Wildman–Crippen LogP) is 4.72. The number of carbonyl (C=O) groups excluding carboxylic acids is 4. The number of fused-ring (bicyclic) bond motifs is 1. The van der Waals surface area contributed by atoms with E-state index < -0.39 is 24.2 Å². The summed E-state index contributed by atoms with van der Waals surface area (Å²) in [6.45, 7) is 9.15. The van der Waals surface area contributed by atoms with E-state index in [1.165, 1.54) is 0 Å². The largest absolute Gasteiger partial charge is 0.361 e. The highest BCUT2D eigenvalue weighted by atomic mass is 16.2. The first kappa shape index (κ1) is 35.1. The van der Waals surface area contributed by atoms with Gasteiger partial charge in [-0.3, -0.25) is 19.2 Å². The molecule has 9 nitrogen and oxygen atoms in total. The van der Waals surface area contributed by atoms with Gasteiger partial charge in [-0.05, 0) is 55.4 Å². The number of nitrogens with zero attached hydrogens (tertiary/aromatic N) is 3. The number of piperazine rings is 2. The van der Waals surface area contributed by atoms with Crippen LogP contribution in [0.4, 0.5) is 0 Å². The van der Waals surface area contributed by atoms with Crippen LogP contribution in [-0.2, 0) is 38.4 Å². The van der Waals surface area contributed by atoms with Crippen molar-refractivity contribution in [2.24, 2.45) is 5.92 Å². The molecule has 1 aromatic heterocycles. The molecule has 9 heteroatoms. The van der Waals surface area contributed by atoms with Crippen molar-refractivity contribution in [1.82, 2.24) is 25.0 Å². The minimum atomic E-state index is -0.819. The van der Waals surface area contributed by atoms with Crippen molar-refractivity contribution >= 4 is 34.4 Å². The van der Waals surface area contributed by atoms with Crippen molar-refractivity contribution in [1.29, 1.82) is 0 Å². The van der Waals surface area contributed by atoms with Crippen molar-refractivity contribution in [2.75, 3.05) is 26.2 Å². The summed E-state index contributed by atoms with van der Waals surface area (Å²) < 4.78 is 0. The van der Waals surface area contributed by atoms with Crippen molar-refractivity contribution in [3.8, 4) is 0 Å². The summed E-state index contributed by atoms with van der Waals surface area (Å²) in [6.07, 6.45) is 3.63. The lowest BCUT2D eigenvalue weighted by Crippen LogP contribution is -2.67. The number of benzene rings is 3. The minimum absolute atomic E-state index is 0.0476. The molecule has 262 valence electrons. The third kappa shape index (κ3) is 7.68. The molecule has 0 unspecified atom stereocenters. The lowest BCUT2D eigenvalue weighted by molar-refractivity contribution is -0.160. The number of aromatic amines is 1. The number of aryl methyl sites for hydroxylation is 1. The van der Waals surface area contributed by atoms with Crippen LogP contribution in [0.3, 0.4) is 0 Å². The Morgan fingerprint density at radius 1 is 0.820 bits per heavy atom.